The van der Waals surface area contributed by atoms with Gasteiger partial charge in [-0.25, -0.2) is 9.97 Å². The van der Waals surface area contributed by atoms with Gasteiger partial charge in [0, 0.05) is 11.1 Å². The summed E-state index contributed by atoms with van der Waals surface area (Å²) in [6, 6.07) is 15.8. The highest BCUT2D eigenvalue weighted by Crippen LogP contribution is 2.25. The van der Waals surface area contributed by atoms with Gasteiger partial charge in [-0.2, -0.15) is 0 Å². The van der Waals surface area contributed by atoms with Crippen molar-refractivity contribution in [3.63, 3.8) is 0 Å². The van der Waals surface area contributed by atoms with Crippen molar-refractivity contribution in [1.29, 1.82) is 0 Å². The zero-order valence-corrected chi connectivity index (χ0v) is 14.0. The van der Waals surface area contributed by atoms with Gasteiger partial charge in [0.2, 0.25) is 5.88 Å². The maximum absolute atomic E-state index is 12.4. The minimum Gasteiger partial charge on any atom is -0.438 e. The van der Waals surface area contributed by atoms with Crippen molar-refractivity contribution in [2.24, 2.45) is 5.16 Å². The van der Waals surface area contributed by atoms with E-state index >= 15 is 0 Å². The highest BCUT2D eigenvalue weighted by atomic mass is 16.6. The smallest absolute Gasteiger partial charge is 0.233 e. The number of hydrogen-bond acceptors (Lipinski definition) is 7. The SMILES string of the molecule is CON=Cc1c(N)ncnc1Oc1ccc(C(=O)c2ccccc2)cc1. The molecule has 2 aromatic carbocycles. The molecule has 0 aliphatic rings. The lowest BCUT2D eigenvalue weighted by atomic mass is 10.0. The van der Waals surface area contributed by atoms with Crippen LogP contribution in [0.4, 0.5) is 5.82 Å². The molecular formula is C19H16N4O3. The van der Waals surface area contributed by atoms with Gasteiger partial charge in [0.1, 0.15) is 30.6 Å². The predicted octanol–water partition coefficient (Wildman–Crippen LogP) is 3.06. The van der Waals surface area contributed by atoms with Gasteiger partial charge in [-0.15, -0.1) is 0 Å². The summed E-state index contributed by atoms with van der Waals surface area (Å²) in [5, 5.41) is 3.67. The van der Waals surface area contributed by atoms with Gasteiger partial charge < -0.3 is 15.3 Å². The van der Waals surface area contributed by atoms with Crippen molar-refractivity contribution in [2.75, 3.05) is 12.8 Å². The molecule has 3 rings (SSSR count). The van der Waals surface area contributed by atoms with Gasteiger partial charge >= 0.3 is 0 Å². The Hall–Kier alpha value is -3.74. The third kappa shape index (κ3) is 3.84. The van der Waals surface area contributed by atoms with Gasteiger partial charge in [-0.1, -0.05) is 35.5 Å². The summed E-state index contributed by atoms with van der Waals surface area (Å²) >= 11 is 0. The zero-order chi connectivity index (χ0) is 18.4. The largest absolute Gasteiger partial charge is 0.438 e. The quantitative estimate of drug-likeness (QED) is 0.417. The standard InChI is InChI=1S/C19H16N4O3/c1-25-23-11-16-18(20)21-12-22-19(16)26-15-9-7-14(8-10-15)17(24)13-5-3-2-4-6-13/h2-12H,1H3,(H2,20,21,22). The Morgan fingerprint density at radius 3 is 2.42 bits per heavy atom. The average Bonchev–Trinajstić information content (AvgIpc) is 2.68. The van der Waals surface area contributed by atoms with E-state index in [1.54, 1.807) is 36.4 Å². The maximum Gasteiger partial charge on any atom is 0.233 e. The highest BCUT2D eigenvalue weighted by molar-refractivity contribution is 6.09. The van der Waals surface area contributed by atoms with Crippen molar-refractivity contribution in [1.82, 2.24) is 9.97 Å². The van der Waals surface area contributed by atoms with Crippen LogP contribution in [-0.4, -0.2) is 29.1 Å². The molecular weight excluding hydrogens is 332 g/mol. The summed E-state index contributed by atoms with van der Waals surface area (Å²) in [5.41, 5.74) is 7.41. The first-order valence-corrected chi connectivity index (χ1v) is 7.73. The molecule has 3 aromatic rings. The summed E-state index contributed by atoms with van der Waals surface area (Å²) in [4.78, 5) is 25.0. The second-order valence-corrected chi connectivity index (χ2v) is 5.22. The summed E-state index contributed by atoms with van der Waals surface area (Å²) in [6.45, 7) is 0. The number of ketones is 1. The molecule has 2 N–H and O–H groups in total. The summed E-state index contributed by atoms with van der Waals surface area (Å²) in [7, 11) is 1.42. The Labute approximate surface area is 150 Å². The van der Waals surface area contributed by atoms with Crippen LogP contribution in [0.25, 0.3) is 0 Å². The molecule has 7 heteroatoms. The van der Waals surface area contributed by atoms with Gasteiger partial charge in [0.25, 0.3) is 0 Å². The molecule has 0 fully saturated rings. The monoisotopic (exact) mass is 348 g/mol. The van der Waals surface area contributed by atoms with Crippen LogP contribution in [0.1, 0.15) is 21.5 Å². The van der Waals surface area contributed by atoms with Crippen LogP contribution in [-0.2, 0) is 4.84 Å². The Morgan fingerprint density at radius 2 is 1.73 bits per heavy atom. The lowest BCUT2D eigenvalue weighted by molar-refractivity contribution is 0.103. The van der Waals surface area contributed by atoms with Crippen LogP contribution in [0.15, 0.2) is 66.1 Å². The minimum absolute atomic E-state index is 0.0589. The Kier molecular flexibility index (Phi) is 5.19. The van der Waals surface area contributed by atoms with Gasteiger partial charge in [0.15, 0.2) is 5.78 Å². The van der Waals surface area contributed by atoms with Crippen molar-refractivity contribution in [2.45, 2.75) is 0 Å². The van der Waals surface area contributed by atoms with E-state index < -0.39 is 0 Å². The first-order valence-electron chi connectivity index (χ1n) is 7.73. The van der Waals surface area contributed by atoms with Gasteiger partial charge in [-0.05, 0) is 24.3 Å². The van der Waals surface area contributed by atoms with Gasteiger partial charge in [-0.3, -0.25) is 4.79 Å². The molecule has 0 unspecified atom stereocenters. The van der Waals surface area contributed by atoms with E-state index in [-0.39, 0.29) is 17.5 Å². The number of ether oxygens (including phenoxy) is 1. The normalized spacial score (nSPS) is 10.7. The lowest BCUT2D eigenvalue weighted by Crippen LogP contribution is -2.03. The molecule has 7 nitrogen and oxygen atoms in total. The highest BCUT2D eigenvalue weighted by Gasteiger charge is 2.12. The predicted molar refractivity (Wildman–Crippen MR) is 97.4 cm³/mol. The molecule has 0 aliphatic carbocycles. The molecule has 0 amide bonds. The van der Waals surface area contributed by atoms with E-state index in [1.165, 1.54) is 19.7 Å². The minimum atomic E-state index is -0.0589. The topological polar surface area (TPSA) is 99.7 Å². The number of aromatic nitrogens is 2. The molecule has 0 spiro atoms. The number of nitrogens with zero attached hydrogens (tertiary/aromatic N) is 3. The maximum atomic E-state index is 12.4. The van der Waals surface area contributed by atoms with E-state index in [0.29, 0.717) is 22.4 Å². The molecule has 0 saturated heterocycles. The molecule has 1 aromatic heterocycles. The molecule has 26 heavy (non-hydrogen) atoms. The van der Waals surface area contributed by atoms with Crippen molar-refractivity contribution in [3.05, 3.63) is 77.6 Å². The lowest BCUT2D eigenvalue weighted by Gasteiger charge is -2.09. The van der Waals surface area contributed by atoms with Crippen LogP contribution >= 0.6 is 0 Å². The number of rotatable bonds is 6. The van der Waals surface area contributed by atoms with Crippen molar-refractivity contribution < 1.29 is 14.4 Å². The average molecular weight is 348 g/mol. The second kappa shape index (κ2) is 7.89. The molecule has 0 aliphatic heterocycles. The summed E-state index contributed by atoms with van der Waals surface area (Å²) in [5.74, 6) is 0.892. The third-order valence-electron chi connectivity index (χ3n) is 3.53. The summed E-state index contributed by atoms with van der Waals surface area (Å²) in [6.07, 6.45) is 2.67. The Bertz CT molecular complexity index is 925. The molecule has 0 saturated carbocycles. The number of hydrogen-bond donors (Lipinski definition) is 1. The molecule has 130 valence electrons. The number of carbonyl (C=O) groups excluding carboxylic acids is 1. The number of oxime groups is 1. The van der Waals surface area contributed by atoms with Crippen LogP contribution in [0.5, 0.6) is 11.6 Å². The van der Waals surface area contributed by atoms with Gasteiger partial charge in [0.05, 0.1) is 6.21 Å². The molecule has 0 radical (unpaired) electrons. The second-order valence-electron chi connectivity index (χ2n) is 5.22. The first kappa shape index (κ1) is 17.1. The van der Waals surface area contributed by atoms with Crippen LogP contribution in [0.2, 0.25) is 0 Å². The van der Waals surface area contributed by atoms with E-state index in [1.807, 2.05) is 18.2 Å². The van der Waals surface area contributed by atoms with E-state index in [9.17, 15) is 4.79 Å². The fourth-order valence-corrected chi connectivity index (χ4v) is 2.24. The van der Waals surface area contributed by atoms with E-state index in [4.69, 9.17) is 10.5 Å². The summed E-state index contributed by atoms with van der Waals surface area (Å²) < 4.78 is 5.74. The fourth-order valence-electron chi connectivity index (χ4n) is 2.24. The fraction of sp³-hybridized carbons (Fsp3) is 0.0526. The number of benzene rings is 2. The Morgan fingerprint density at radius 1 is 1.04 bits per heavy atom. The van der Waals surface area contributed by atoms with Crippen LogP contribution < -0.4 is 10.5 Å². The van der Waals surface area contributed by atoms with Crippen LogP contribution in [0, 0.1) is 0 Å². The number of nitrogen functional groups attached to an aromatic ring is 1. The van der Waals surface area contributed by atoms with E-state index in [0.717, 1.165) is 0 Å². The molecule has 0 bridgehead atoms. The number of carbonyl (C=O) groups is 1. The Balaban J connectivity index is 1.81. The number of anilines is 1. The van der Waals surface area contributed by atoms with Crippen LogP contribution in [0.3, 0.4) is 0 Å². The molecule has 1 heterocycles. The number of nitrogens with two attached hydrogens (primary N) is 1. The molecule has 0 atom stereocenters. The zero-order valence-electron chi connectivity index (χ0n) is 14.0. The van der Waals surface area contributed by atoms with E-state index in [2.05, 4.69) is 20.0 Å². The van der Waals surface area contributed by atoms with Crippen molar-refractivity contribution in [3.8, 4) is 11.6 Å². The third-order valence-corrected chi connectivity index (χ3v) is 3.53. The van der Waals surface area contributed by atoms with Crippen molar-refractivity contribution >= 4 is 17.8 Å². The first-order chi connectivity index (χ1) is 12.7.